The van der Waals surface area contributed by atoms with Crippen molar-refractivity contribution < 1.29 is 13.2 Å². The van der Waals surface area contributed by atoms with Crippen LogP contribution in [0.1, 0.15) is 18.4 Å². The van der Waals surface area contributed by atoms with Crippen LogP contribution in [0.25, 0.3) is 0 Å². The first kappa shape index (κ1) is 16.5. The molecule has 0 spiro atoms. The van der Waals surface area contributed by atoms with Gasteiger partial charge in [-0.25, -0.2) is 12.7 Å². The Labute approximate surface area is 133 Å². The lowest BCUT2D eigenvalue weighted by Crippen LogP contribution is -2.40. The zero-order valence-corrected chi connectivity index (χ0v) is 14.5. The lowest BCUT2D eigenvalue weighted by atomic mass is 9.97. The molecule has 5 nitrogen and oxygen atoms in total. The summed E-state index contributed by atoms with van der Waals surface area (Å²) in [5, 5.41) is 2.91. The number of hydrogen-bond donors (Lipinski definition) is 1. The second-order valence-electron chi connectivity index (χ2n) is 5.41. The molecule has 21 heavy (non-hydrogen) atoms. The van der Waals surface area contributed by atoms with Crippen molar-refractivity contribution in [1.82, 2.24) is 4.31 Å². The van der Waals surface area contributed by atoms with Crippen LogP contribution in [0.2, 0.25) is 0 Å². The monoisotopic (exact) mass is 374 g/mol. The number of halogens is 1. The summed E-state index contributed by atoms with van der Waals surface area (Å²) >= 11 is 3.43. The summed E-state index contributed by atoms with van der Waals surface area (Å²) in [5.74, 6) is -0.191. The fraction of sp³-hybridized carbons (Fsp3) is 0.500. The van der Waals surface area contributed by atoms with E-state index in [-0.39, 0.29) is 11.8 Å². The molecule has 1 heterocycles. The van der Waals surface area contributed by atoms with Gasteiger partial charge in [-0.15, -0.1) is 0 Å². The number of benzene rings is 1. The maximum atomic E-state index is 12.3. The number of anilines is 1. The lowest BCUT2D eigenvalue weighted by Gasteiger charge is -2.29. The van der Waals surface area contributed by atoms with Gasteiger partial charge in [-0.1, -0.05) is 6.07 Å². The molecule has 1 amide bonds. The molecule has 2 rings (SSSR count). The molecule has 0 atom stereocenters. The minimum atomic E-state index is -3.15. The predicted octanol–water partition coefficient (Wildman–Crippen LogP) is 2.37. The van der Waals surface area contributed by atoms with Crippen molar-refractivity contribution in [3.8, 4) is 0 Å². The number of carbonyl (C=O) groups excluding carboxylic acids is 1. The summed E-state index contributed by atoms with van der Waals surface area (Å²) in [6.45, 7) is 2.80. The summed E-state index contributed by atoms with van der Waals surface area (Å²) in [4.78, 5) is 12.3. The second-order valence-corrected chi connectivity index (χ2v) is 8.25. The topological polar surface area (TPSA) is 66.5 Å². The van der Waals surface area contributed by atoms with Crippen LogP contribution in [0, 0.1) is 12.8 Å². The first-order chi connectivity index (χ1) is 9.77. The first-order valence-electron chi connectivity index (χ1n) is 6.79. The fourth-order valence-electron chi connectivity index (χ4n) is 2.41. The van der Waals surface area contributed by atoms with E-state index in [4.69, 9.17) is 0 Å². The van der Waals surface area contributed by atoms with E-state index in [9.17, 15) is 13.2 Å². The molecule has 1 aromatic rings. The van der Waals surface area contributed by atoms with Crippen LogP contribution in [0.5, 0.6) is 0 Å². The van der Waals surface area contributed by atoms with Crippen molar-refractivity contribution in [2.75, 3.05) is 24.7 Å². The van der Waals surface area contributed by atoms with Gasteiger partial charge in [0.2, 0.25) is 15.9 Å². The number of aryl methyl sites for hydroxylation is 1. The van der Waals surface area contributed by atoms with E-state index < -0.39 is 10.0 Å². The summed E-state index contributed by atoms with van der Waals surface area (Å²) < 4.78 is 25.2. The molecule has 0 aromatic heterocycles. The molecular formula is C14H19BrN2O3S. The summed E-state index contributed by atoms with van der Waals surface area (Å²) in [5.41, 5.74) is 1.86. The van der Waals surface area contributed by atoms with Crippen LogP contribution < -0.4 is 5.32 Å². The Bertz CT molecular complexity index is 638. The molecule has 1 aromatic carbocycles. The van der Waals surface area contributed by atoms with E-state index in [1.807, 2.05) is 25.1 Å². The van der Waals surface area contributed by atoms with E-state index in [2.05, 4.69) is 21.2 Å². The molecule has 0 aliphatic carbocycles. The van der Waals surface area contributed by atoms with Crippen molar-refractivity contribution in [2.45, 2.75) is 19.8 Å². The Morgan fingerprint density at radius 3 is 2.48 bits per heavy atom. The number of piperidine rings is 1. The third-order valence-corrected chi connectivity index (χ3v) is 5.64. The van der Waals surface area contributed by atoms with Crippen molar-refractivity contribution in [1.29, 1.82) is 0 Å². The Balaban J connectivity index is 1.96. The van der Waals surface area contributed by atoms with E-state index >= 15 is 0 Å². The molecule has 0 saturated carbocycles. The van der Waals surface area contributed by atoms with Crippen molar-refractivity contribution >= 4 is 37.5 Å². The molecule has 1 aliphatic rings. The predicted molar refractivity (Wildman–Crippen MR) is 86.6 cm³/mol. The van der Waals surface area contributed by atoms with Crippen molar-refractivity contribution in [3.63, 3.8) is 0 Å². The van der Waals surface area contributed by atoms with Gasteiger partial charge in [-0.3, -0.25) is 4.79 Å². The molecular weight excluding hydrogens is 356 g/mol. The Morgan fingerprint density at radius 1 is 1.33 bits per heavy atom. The highest BCUT2D eigenvalue weighted by molar-refractivity contribution is 9.10. The highest BCUT2D eigenvalue weighted by Crippen LogP contribution is 2.26. The van der Waals surface area contributed by atoms with E-state index in [0.29, 0.717) is 25.9 Å². The zero-order chi connectivity index (χ0) is 15.6. The van der Waals surface area contributed by atoms with Crippen molar-refractivity contribution in [2.24, 2.45) is 5.92 Å². The number of nitrogens with zero attached hydrogens (tertiary/aromatic N) is 1. The molecule has 116 valence electrons. The van der Waals surface area contributed by atoms with Gasteiger partial charge in [0.15, 0.2) is 0 Å². The number of amides is 1. The maximum absolute atomic E-state index is 12.3. The molecule has 1 aliphatic heterocycles. The number of carbonyl (C=O) groups is 1. The Hall–Kier alpha value is -0.920. The van der Waals surface area contributed by atoms with Gasteiger partial charge >= 0.3 is 0 Å². The third-order valence-electron chi connectivity index (χ3n) is 3.68. The molecule has 0 bridgehead atoms. The second kappa shape index (κ2) is 6.46. The van der Waals surface area contributed by atoms with Crippen LogP contribution in [0.4, 0.5) is 5.69 Å². The van der Waals surface area contributed by atoms with E-state index in [0.717, 1.165) is 15.7 Å². The summed E-state index contributed by atoms with van der Waals surface area (Å²) in [6, 6.07) is 5.75. The van der Waals surface area contributed by atoms with Crippen LogP contribution in [0.3, 0.4) is 0 Å². The van der Waals surface area contributed by atoms with Gasteiger partial charge < -0.3 is 5.32 Å². The maximum Gasteiger partial charge on any atom is 0.227 e. The quantitative estimate of drug-likeness (QED) is 0.882. The van der Waals surface area contributed by atoms with Gasteiger partial charge in [0.25, 0.3) is 0 Å². The van der Waals surface area contributed by atoms with Crippen LogP contribution in [-0.4, -0.2) is 38.0 Å². The average Bonchev–Trinajstić information content (AvgIpc) is 2.41. The van der Waals surface area contributed by atoms with Gasteiger partial charge in [0.05, 0.1) is 11.9 Å². The number of hydrogen-bond acceptors (Lipinski definition) is 3. The average molecular weight is 375 g/mol. The molecule has 0 radical (unpaired) electrons. The molecule has 1 N–H and O–H groups in total. The fourth-order valence-corrected chi connectivity index (χ4v) is 3.87. The normalized spacial score (nSPS) is 17.7. The molecule has 7 heteroatoms. The zero-order valence-electron chi connectivity index (χ0n) is 12.1. The molecule has 0 unspecified atom stereocenters. The minimum absolute atomic E-state index is 0.0484. The van der Waals surface area contributed by atoms with Gasteiger partial charge in [0, 0.05) is 23.5 Å². The highest BCUT2D eigenvalue weighted by atomic mass is 79.9. The number of rotatable bonds is 3. The van der Waals surface area contributed by atoms with Gasteiger partial charge in [-0.2, -0.15) is 0 Å². The Kier molecular flexibility index (Phi) is 5.06. The first-order valence-corrected chi connectivity index (χ1v) is 9.43. The van der Waals surface area contributed by atoms with Crippen molar-refractivity contribution in [3.05, 3.63) is 28.2 Å². The SMILES string of the molecule is Cc1ccc(NC(=O)C2CCN(S(C)(=O)=O)CC2)c(Br)c1. The smallest absolute Gasteiger partial charge is 0.227 e. The van der Waals surface area contributed by atoms with Crippen LogP contribution >= 0.6 is 15.9 Å². The van der Waals surface area contributed by atoms with Crippen LogP contribution in [-0.2, 0) is 14.8 Å². The number of sulfonamides is 1. The number of nitrogens with one attached hydrogen (secondary N) is 1. The standard InChI is InChI=1S/C14H19BrN2O3S/c1-10-3-4-13(12(15)9-10)16-14(18)11-5-7-17(8-6-11)21(2,19)20/h3-4,9,11H,5-8H2,1-2H3,(H,16,18). The lowest BCUT2D eigenvalue weighted by molar-refractivity contribution is -0.120. The highest BCUT2D eigenvalue weighted by Gasteiger charge is 2.29. The third kappa shape index (κ3) is 4.28. The Morgan fingerprint density at radius 2 is 1.95 bits per heavy atom. The van der Waals surface area contributed by atoms with Gasteiger partial charge in [-0.05, 0) is 53.4 Å². The van der Waals surface area contributed by atoms with Gasteiger partial charge in [0.1, 0.15) is 0 Å². The molecule has 1 fully saturated rings. The van der Waals surface area contributed by atoms with Crippen LogP contribution in [0.15, 0.2) is 22.7 Å². The molecule has 1 saturated heterocycles. The van der Waals surface area contributed by atoms with E-state index in [1.54, 1.807) is 0 Å². The summed E-state index contributed by atoms with van der Waals surface area (Å²) in [6.07, 6.45) is 2.32. The largest absolute Gasteiger partial charge is 0.325 e. The summed E-state index contributed by atoms with van der Waals surface area (Å²) in [7, 11) is -3.15. The minimum Gasteiger partial charge on any atom is -0.325 e. The van der Waals surface area contributed by atoms with E-state index in [1.165, 1.54) is 10.6 Å².